The molecule has 0 heterocycles. The Kier molecular flexibility index (Phi) is 5.01. The van der Waals surface area contributed by atoms with Gasteiger partial charge in [0, 0.05) is 21.1 Å². The third-order valence-electron chi connectivity index (χ3n) is 0.945. The van der Waals surface area contributed by atoms with Crippen LogP contribution in [0.4, 0.5) is 4.79 Å². The van der Waals surface area contributed by atoms with Gasteiger partial charge in [0.1, 0.15) is 0 Å². The van der Waals surface area contributed by atoms with Crippen LogP contribution in [-0.4, -0.2) is 44.6 Å². The number of oxime groups is 1. The van der Waals surface area contributed by atoms with E-state index in [1.807, 2.05) is 0 Å². The van der Waals surface area contributed by atoms with Crippen LogP contribution in [-0.2, 0) is 14.4 Å². The molecule has 0 aromatic rings. The Labute approximate surface area is 75.3 Å². The van der Waals surface area contributed by atoms with E-state index >= 15 is 0 Å². The van der Waals surface area contributed by atoms with E-state index in [2.05, 4.69) is 20.0 Å². The van der Waals surface area contributed by atoms with Crippen LogP contribution in [0.3, 0.4) is 0 Å². The van der Waals surface area contributed by atoms with Gasteiger partial charge in [0.25, 0.3) is 0 Å². The summed E-state index contributed by atoms with van der Waals surface area (Å²) >= 11 is 0. The molecule has 7 nitrogen and oxygen atoms in total. The van der Waals surface area contributed by atoms with Gasteiger partial charge in [-0.2, -0.15) is 0 Å². The predicted octanol–water partition coefficient (Wildman–Crippen LogP) is -0.652. The van der Waals surface area contributed by atoms with E-state index in [1.165, 1.54) is 11.9 Å². The fourth-order valence-corrected chi connectivity index (χ4v) is 0.392. The SMILES string of the molecule is CNC(=O)O/C(=N/OC=O)N(C)C. The van der Waals surface area contributed by atoms with Gasteiger partial charge in [-0.3, -0.25) is 4.79 Å². The van der Waals surface area contributed by atoms with E-state index in [9.17, 15) is 9.59 Å². The molecule has 0 saturated heterocycles. The lowest BCUT2D eigenvalue weighted by Crippen LogP contribution is -2.31. The summed E-state index contributed by atoms with van der Waals surface area (Å²) in [6, 6.07) is -0.119. The summed E-state index contributed by atoms with van der Waals surface area (Å²) in [7, 11) is 4.56. The second kappa shape index (κ2) is 5.81. The number of nitrogens with one attached hydrogen (secondary N) is 1. The lowest BCUT2D eigenvalue weighted by atomic mass is 10.9. The second-order valence-corrected chi connectivity index (χ2v) is 2.11. The Hall–Kier alpha value is -1.79. The van der Waals surface area contributed by atoms with Gasteiger partial charge in [0.15, 0.2) is 0 Å². The Balaban J connectivity index is 4.25. The van der Waals surface area contributed by atoms with E-state index in [4.69, 9.17) is 0 Å². The fraction of sp³-hybridized carbons (Fsp3) is 0.500. The lowest BCUT2D eigenvalue weighted by molar-refractivity contribution is -0.129. The minimum absolute atomic E-state index is 0.119. The molecule has 0 saturated carbocycles. The van der Waals surface area contributed by atoms with Crippen molar-refractivity contribution in [3.8, 4) is 0 Å². The topological polar surface area (TPSA) is 80.2 Å². The Bertz CT molecular complexity index is 214. The Morgan fingerprint density at radius 3 is 2.54 bits per heavy atom. The quantitative estimate of drug-likeness (QED) is 0.205. The second-order valence-electron chi connectivity index (χ2n) is 2.11. The summed E-state index contributed by atoms with van der Waals surface area (Å²) in [5.41, 5.74) is 0. The molecule has 1 N–H and O–H groups in total. The van der Waals surface area contributed by atoms with Crippen LogP contribution in [0.5, 0.6) is 0 Å². The maximum atomic E-state index is 10.7. The summed E-state index contributed by atoms with van der Waals surface area (Å²) in [5, 5.41) is 5.44. The van der Waals surface area contributed by atoms with Crippen LogP contribution in [0.25, 0.3) is 0 Å². The van der Waals surface area contributed by atoms with Crippen molar-refractivity contribution in [2.45, 2.75) is 0 Å². The molecule has 0 atom stereocenters. The molecule has 74 valence electrons. The smallest absolute Gasteiger partial charge is 0.373 e. The van der Waals surface area contributed by atoms with Crippen LogP contribution in [0.15, 0.2) is 5.16 Å². The molecule has 0 rings (SSSR count). The zero-order valence-corrected chi connectivity index (χ0v) is 7.60. The number of carbonyl (C=O) groups excluding carboxylic acids is 2. The lowest BCUT2D eigenvalue weighted by Gasteiger charge is -2.12. The van der Waals surface area contributed by atoms with Gasteiger partial charge in [-0.25, -0.2) is 4.79 Å². The van der Waals surface area contributed by atoms with E-state index < -0.39 is 6.09 Å². The van der Waals surface area contributed by atoms with Crippen molar-refractivity contribution in [3.05, 3.63) is 0 Å². The minimum atomic E-state index is -0.693. The Morgan fingerprint density at radius 2 is 2.15 bits per heavy atom. The first-order valence-electron chi connectivity index (χ1n) is 3.36. The maximum Gasteiger partial charge on any atom is 0.414 e. The number of alkyl carbamates (subject to hydrolysis) is 1. The molecule has 13 heavy (non-hydrogen) atoms. The molecule has 0 spiro atoms. The normalized spacial score (nSPS) is 10.2. The third kappa shape index (κ3) is 4.62. The molecule has 1 amide bonds. The molecule has 0 radical (unpaired) electrons. The molecule has 7 heteroatoms. The average molecular weight is 189 g/mol. The van der Waals surface area contributed by atoms with Gasteiger partial charge < -0.3 is 19.8 Å². The van der Waals surface area contributed by atoms with Gasteiger partial charge in [-0.05, 0) is 5.16 Å². The molecule has 0 aromatic heterocycles. The van der Waals surface area contributed by atoms with Crippen molar-refractivity contribution < 1.29 is 19.2 Å². The van der Waals surface area contributed by atoms with E-state index in [-0.39, 0.29) is 12.5 Å². The van der Waals surface area contributed by atoms with Crippen molar-refractivity contribution >= 4 is 18.6 Å². The summed E-state index contributed by atoms with van der Waals surface area (Å²) in [6.07, 6.45) is -0.693. The third-order valence-corrected chi connectivity index (χ3v) is 0.945. The van der Waals surface area contributed by atoms with Crippen LogP contribution in [0.1, 0.15) is 0 Å². The van der Waals surface area contributed by atoms with Crippen LogP contribution in [0.2, 0.25) is 0 Å². The monoisotopic (exact) mass is 189 g/mol. The molecule has 0 aliphatic rings. The van der Waals surface area contributed by atoms with E-state index in [0.29, 0.717) is 0 Å². The van der Waals surface area contributed by atoms with E-state index in [1.54, 1.807) is 14.1 Å². The average Bonchev–Trinajstić information content (AvgIpc) is 2.11. The number of amides is 1. The van der Waals surface area contributed by atoms with Crippen molar-refractivity contribution in [1.82, 2.24) is 10.2 Å². The fourth-order valence-electron chi connectivity index (χ4n) is 0.392. The zero-order valence-electron chi connectivity index (χ0n) is 7.60. The number of ether oxygens (including phenoxy) is 1. The molecular weight excluding hydrogens is 178 g/mol. The maximum absolute atomic E-state index is 10.7. The standard InChI is InChI=1S/C6H11N3O4/c1-7-6(11)13-5(9(2)3)8-12-4-10/h4H,1-3H3,(H,7,11)/b8-5+. The highest BCUT2D eigenvalue weighted by molar-refractivity contribution is 5.86. The largest absolute Gasteiger partial charge is 0.414 e. The van der Waals surface area contributed by atoms with Gasteiger partial charge in [-0.1, -0.05) is 0 Å². The van der Waals surface area contributed by atoms with Crippen molar-refractivity contribution in [2.24, 2.45) is 5.16 Å². The van der Waals surface area contributed by atoms with Gasteiger partial charge in [-0.15, -0.1) is 0 Å². The molecule has 0 fully saturated rings. The number of hydrogen-bond acceptors (Lipinski definition) is 5. The molecule has 0 bridgehead atoms. The number of carbonyl (C=O) groups is 2. The van der Waals surface area contributed by atoms with Gasteiger partial charge >= 0.3 is 18.6 Å². The number of amidine groups is 1. The molecule has 0 aliphatic carbocycles. The van der Waals surface area contributed by atoms with Crippen molar-refractivity contribution in [3.63, 3.8) is 0 Å². The predicted molar refractivity (Wildman–Crippen MR) is 43.8 cm³/mol. The first kappa shape index (κ1) is 11.2. The number of nitrogens with zero attached hydrogens (tertiary/aromatic N) is 2. The molecule has 0 unspecified atom stereocenters. The summed E-state index contributed by atoms with van der Waals surface area (Å²) < 4.78 is 4.61. The highest BCUT2D eigenvalue weighted by atomic mass is 16.7. The van der Waals surface area contributed by atoms with Crippen molar-refractivity contribution in [1.29, 1.82) is 0 Å². The first-order valence-corrected chi connectivity index (χ1v) is 3.36. The highest BCUT2D eigenvalue weighted by Gasteiger charge is 2.09. The van der Waals surface area contributed by atoms with Crippen LogP contribution < -0.4 is 5.32 Å². The summed E-state index contributed by atoms with van der Waals surface area (Å²) in [4.78, 5) is 25.9. The first-order chi connectivity index (χ1) is 6.11. The van der Waals surface area contributed by atoms with Gasteiger partial charge in [0.05, 0.1) is 0 Å². The summed E-state index contributed by atoms with van der Waals surface area (Å²) in [6.45, 7) is 0.122. The van der Waals surface area contributed by atoms with Crippen LogP contribution in [0, 0.1) is 0 Å². The van der Waals surface area contributed by atoms with Gasteiger partial charge in [0.2, 0.25) is 0 Å². The molecular formula is C6H11N3O4. The van der Waals surface area contributed by atoms with Crippen LogP contribution >= 0.6 is 0 Å². The summed E-state index contributed by atoms with van der Waals surface area (Å²) in [5.74, 6) is 0. The Morgan fingerprint density at radius 1 is 1.54 bits per heavy atom. The number of hydrogen-bond donors (Lipinski definition) is 1. The molecule has 0 aromatic carbocycles. The molecule has 0 aliphatic heterocycles. The number of rotatable bonds is 2. The minimum Gasteiger partial charge on any atom is -0.373 e. The van der Waals surface area contributed by atoms with Crippen molar-refractivity contribution in [2.75, 3.05) is 21.1 Å². The highest BCUT2D eigenvalue weighted by Crippen LogP contribution is 1.88. The van der Waals surface area contributed by atoms with E-state index in [0.717, 1.165) is 0 Å². The zero-order chi connectivity index (χ0) is 10.3.